The Morgan fingerprint density at radius 3 is 2.26 bits per heavy atom. The van der Waals surface area contributed by atoms with E-state index in [1.807, 2.05) is 0 Å². The van der Waals surface area contributed by atoms with Crippen molar-refractivity contribution >= 4 is 0 Å². The fraction of sp³-hybridized carbons (Fsp3) is 0.789. The average Bonchev–Trinajstić information content (AvgIpc) is 2.94. The van der Waals surface area contributed by atoms with E-state index in [1.165, 1.54) is 5.57 Å². The maximum Gasteiger partial charge on any atom is 0.420 e. The van der Waals surface area contributed by atoms with Crippen molar-refractivity contribution in [2.24, 2.45) is 5.92 Å². The molecule has 3 unspecified atom stereocenters. The highest BCUT2D eigenvalue weighted by Crippen LogP contribution is 2.38. The largest absolute Gasteiger partial charge is 0.420 e. The molecule has 8 heteroatoms. The van der Waals surface area contributed by atoms with Gasteiger partial charge in [0.1, 0.15) is 5.57 Å². The minimum absolute atomic E-state index is 0.145. The lowest BCUT2D eigenvalue weighted by atomic mass is 10.0. The van der Waals surface area contributed by atoms with Gasteiger partial charge in [-0.1, -0.05) is 17.7 Å². The van der Waals surface area contributed by atoms with Gasteiger partial charge in [0, 0.05) is 12.1 Å². The first kappa shape index (κ1) is 24.0. The molecular formula is C19H30F6N2. The third-order valence-electron chi connectivity index (χ3n) is 4.69. The molecule has 0 bridgehead atoms. The minimum Gasteiger partial charge on any atom is -0.314 e. The highest BCUT2D eigenvalue weighted by molar-refractivity contribution is 5.15. The highest BCUT2D eigenvalue weighted by Gasteiger charge is 2.50. The average molecular weight is 400 g/mol. The molecule has 1 heterocycles. The van der Waals surface area contributed by atoms with E-state index in [9.17, 15) is 26.3 Å². The number of hydrogen-bond donors (Lipinski definition) is 2. The summed E-state index contributed by atoms with van der Waals surface area (Å²) in [7, 11) is 0. The summed E-state index contributed by atoms with van der Waals surface area (Å²) >= 11 is 0. The summed E-state index contributed by atoms with van der Waals surface area (Å²) in [5.41, 5.74) is -1.12. The quantitative estimate of drug-likeness (QED) is 0.393. The summed E-state index contributed by atoms with van der Waals surface area (Å²) in [4.78, 5) is 0. The van der Waals surface area contributed by atoms with Gasteiger partial charge < -0.3 is 10.6 Å². The zero-order chi connectivity index (χ0) is 20.7. The molecule has 2 N–H and O–H groups in total. The van der Waals surface area contributed by atoms with Crippen molar-refractivity contribution in [1.82, 2.24) is 10.6 Å². The first-order valence-corrected chi connectivity index (χ1v) is 9.34. The Bertz CT molecular complexity index is 487. The Labute approximate surface area is 157 Å². The first-order valence-electron chi connectivity index (χ1n) is 9.34. The van der Waals surface area contributed by atoms with Crippen molar-refractivity contribution in [3.63, 3.8) is 0 Å². The molecule has 0 aromatic heterocycles. The maximum atomic E-state index is 12.4. The Kier molecular flexibility index (Phi) is 9.34. The number of rotatable bonds is 9. The third-order valence-corrected chi connectivity index (χ3v) is 4.69. The van der Waals surface area contributed by atoms with Crippen molar-refractivity contribution in [3.8, 4) is 0 Å². The summed E-state index contributed by atoms with van der Waals surface area (Å²) in [5, 5.41) is 6.69. The van der Waals surface area contributed by atoms with E-state index in [-0.39, 0.29) is 25.0 Å². The van der Waals surface area contributed by atoms with Crippen LogP contribution in [0.25, 0.3) is 0 Å². The lowest BCUT2D eigenvalue weighted by molar-refractivity contribution is -0.172. The summed E-state index contributed by atoms with van der Waals surface area (Å²) in [5.74, 6) is 0.431. The van der Waals surface area contributed by atoms with Crippen LogP contribution < -0.4 is 10.6 Å². The maximum absolute atomic E-state index is 12.4. The van der Waals surface area contributed by atoms with E-state index in [0.29, 0.717) is 18.5 Å². The molecule has 1 saturated heterocycles. The fourth-order valence-electron chi connectivity index (χ4n) is 3.19. The predicted molar refractivity (Wildman–Crippen MR) is 95.5 cm³/mol. The van der Waals surface area contributed by atoms with Crippen molar-refractivity contribution in [2.45, 2.75) is 77.3 Å². The fourth-order valence-corrected chi connectivity index (χ4v) is 3.19. The number of nitrogens with one attached hydrogen (secondary N) is 2. The van der Waals surface area contributed by atoms with Crippen LogP contribution in [0.3, 0.4) is 0 Å². The van der Waals surface area contributed by atoms with E-state index < -0.39 is 17.9 Å². The number of allylic oxidation sites excluding steroid dienone is 4. The summed E-state index contributed by atoms with van der Waals surface area (Å²) < 4.78 is 74.7. The summed E-state index contributed by atoms with van der Waals surface area (Å²) in [6, 6.07) is 0.320. The van der Waals surface area contributed by atoms with Gasteiger partial charge in [-0.2, -0.15) is 26.3 Å². The van der Waals surface area contributed by atoms with Gasteiger partial charge in [-0.05, 0) is 71.9 Å². The SMILES string of the molecule is CC(C)=CCCC1CC(CNC(C)CCC=C(C(F)(F)F)C(F)(F)F)CN1. The Morgan fingerprint density at radius 1 is 1.07 bits per heavy atom. The molecule has 1 aliphatic rings. The second kappa shape index (κ2) is 10.5. The van der Waals surface area contributed by atoms with Gasteiger partial charge in [-0.15, -0.1) is 0 Å². The lowest BCUT2D eigenvalue weighted by Gasteiger charge is -2.18. The van der Waals surface area contributed by atoms with Crippen molar-refractivity contribution < 1.29 is 26.3 Å². The first-order chi connectivity index (χ1) is 12.4. The highest BCUT2D eigenvalue weighted by atomic mass is 19.4. The molecule has 0 aromatic carbocycles. The van der Waals surface area contributed by atoms with Gasteiger partial charge in [0.2, 0.25) is 0 Å². The standard InChI is InChI=1S/C19H30F6N2/c1-13(2)6-4-8-16-10-15(12-27-16)11-26-14(3)7-5-9-17(18(20,21)22)19(23,24)25/h6,9,14-16,26-27H,4-5,7-8,10-12H2,1-3H3. The second-order valence-electron chi connectivity index (χ2n) is 7.57. The van der Waals surface area contributed by atoms with Crippen LogP contribution in [0.4, 0.5) is 26.3 Å². The van der Waals surface area contributed by atoms with Gasteiger partial charge in [0.15, 0.2) is 0 Å². The van der Waals surface area contributed by atoms with Crippen LogP contribution in [0.1, 0.15) is 52.9 Å². The van der Waals surface area contributed by atoms with Crippen molar-refractivity contribution in [2.75, 3.05) is 13.1 Å². The van der Waals surface area contributed by atoms with Crippen LogP contribution in [0, 0.1) is 5.92 Å². The topological polar surface area (TPSA) is 24.1 Å². The molecule has 0 aromatic rings. The molecule has 158 valence electrons. The predicted octanol–water partition coefficient (Wildman–Crippen LogP) is 5.52. The molecule has 1 rings (SSSR count). The van der Waals surface area contributed by atoms with E-state index in [1.54, 1.807) is 6.92 Å². The number of halogens is 6. The molecule has 2 nitrogen and oxygen atoms in total. The van der Waals surface area contributed by atoms with Gasteiger partial charge in [-0.3, -0.25) is 0 Å². The van der Waals surface area contributed by atoms with Crippen molar-refractivity contribution in [3.05, 3.63) is 23.3 Å². The van der Waals surface area contributed by atoms with E-state index >= 15 is 0 Å². The van der Waals surface area contributed by atoms with Crippen LogP contribution >= 0.6 is 0 Å². The molecule has 0 amide bonds. The Hall–Kier alpha value is -1.02. The van der Waals surface area contributed by atoms with Gasteiger partial charge in [-0.25, -0.2) is 0 Å². The molecule has 0 aliphatic carbocycles. The number of hydrogen-bond acceptors (Lipinski definition) is 2. The van der Waals surface area contributed by atoms with E-state index in [2.05, 4.69) is 30.6 Å². The molecule has 27 heavy (non-hydrogen) atoms. The third kappa shape index (κ3) is 9.65. The Morgan fingerprint density at radius 2 is 1.70 bits per heavy atom. The second-order valence-corrected chi connectivity index (χ2v) is 7.57. The molecule has 1 aliphatic heterocycles. The monoisotopic (exact) mass is 400 g/mol. The molecule has 0 saturated carbocycles. The molecule has 1 fully saturated rings. The molecular weight excluding hydrogens is 370 g/mol. The summed E-state index contributed by atoms with van der Waals surface area (Å²) in [6.07, 6.45) is -5.19. The van der Waals surface area contributed by atoms with Gasteiger partial charge in [0.05, 0.1) is 0 Å². The number of alkyl halides is 6. The molecule has 0 radical (unpaired) electrons. The van der Waals surface area contributed by atoms with Crippen LogP contribution in [0.5, 0.6) is 0 Å². The van der Waals surface area contributed by atoms with Crippen molar-refractivity contribution in [1.29, 1.82) is 0 Å². The minimum atomic E-state index is -5.37. The van der Waals surface area contributed by atoms with Crippen LogP contribution in [-0.2, 0) is 0 Å². The van der Waals surface area contributed by atoms with Crippen LogP contribution in [-0.4, -0.2) is 37.5 Å². The normalized spacial score (nSPS) is 21.8. The molecule has 0 spiro atoms. The Balaban J connectivity index is 2.32. The summed E-state index contributed by atoms with van der Waals surface area (Å²) in [6.45, 7) is 7.51. The van der Waals surface area contributed by atoms with Crippen LogP contribution in [0.15, 0.2) is 23.3 Å². The zero-order valence-corrected chi connectivity index (χ0v) is 16.1. The molecule has 3 atom stereocenters. The zero-order valence-electron chi connectivity index (χ0n) is 16.1. The van der Waals surface area contributed by atoms with Gasteiger partial charge >= 0.3 is 12.4 Å². The van der Waals surface area contributed by atoms with E-state index in [0.717, 1.165) is 25.8 Å². The van der Waals surface area contributed by atoms with E-state index in [4.69, 9.17) is 0 Å². The van der Waals surface area contributed by atoms with Gasteiger partial charge in [0.25, 0.3) is 0 Å². The smallest absolute Gasteiger partial charge is 0.314 e. The van der Waals surface area contributed by atoms with Crippen LogP contribution in [0.2, 0.25) is 0 Å². The lowest BCUT2D eigenvalue weighted by Crippen LogP contribution is -2.32.